The van der Waals surface area contributed by atoms with Gasteiger partial charge in [-0.15, -0.1) is 0 Å². The second kappa shape index (κ2) is 4.50. The van der Waals surface area contributed by atoms with Gasteiger partial charge in [0.25, 0.3) is 0 Å². The molecule has 0 bridgehead atoms. The van der Waals surface area contributed by atoms with Crippen LogP contribution < -0.4 is 0 Å². The Bertz CT molecular complexity index is 353. The van der Waals surface area contributed by atoms with Gasteiger partial charge in [-0.2, -0.15) is 0 Å². The molecule has 0 N–H and O–H groups in total. The van der Waals surface area contributed by atoms with E-state index in [1.807, 2.05) is 19.9 Å². The van der Waals surface area contributed by atoms with Gasteiger partial charge in [0.2, 0.25) is 0 Å². The van der Waals surface area contributed by atoms with E-state index < -0.39 is 0 Å². The number of aromatic nitrogens is 2. The predicted molar refractivity (Wildman–Crippen MR) is 65.6 cm³/mol. The Hall–Kier alpha value is -0.960. The van der Waals surface area contributed by atoms with Crippen LogP contribution in [0.15, 0.2) is 6.07 Å². The van der Waals surface area contributed by atoms with Crippen LogP contribution in [0, 0.1) is 13.8 Å². The smallest absolute Gasteiger partial charge is 0.133 e. The molecule has 1 aromatic rings. The molecule has 0 spiro atoms. The Labute approximate surface area is 97.9 Å². The SMILES string of the molecule is Cc1cc(C)nc([C@@H]2CCN(C(C)C)C2)n1. The molecule has 0 aromatic carbocycles. The molecular formula is C13H21N3. The molecule has 0 unspecified atom stereocenters. The van der Waals surface area contributed by atoms with E-state index in [1.54, 1.807) is 0 Å². The van der Waals surface area contributed by atoms with Gasteiger partial charge in [-0.25, -0.2) is 9.97 Å². The first-order chi connectivity index (χ1) is 7.56. The number of hydrogen-bond donors (Lipinski definition) is 0. The Balaban J connectivity index is 2.14. The fourth-order valence-electron chi connectivity index (χ4n) is 2.40. The van der Waals surface area contributed by atoms with Crippen molar-refractivity contribution in [3.05, 3.63) is 23.3 Å². The summed E-state index contributed by atoms with van der Waals surface area (Å²) in [6, 6.07) is 2.68. The first-order valence-corrected chi connectivity index (χ1v) is 6.12. The standard InChI is InChI=1S/C13H21N3/c1-9(2)16-6-5-12(8-16)13-14-10(3)7-11(4)15-13/h7,9,12H,5-6,8H2,1-4H3/t12-/m1/s1. The van der Waals surface area contributed by atoms with Crippen LogP contribution in [-0.4, -0.2) is 34.0 Å². The predicted octanol–water partition coefficient (Wildman–Crippen LogP) is 2.29. The van der Waals surface area contributed by atoms with Gasteiger partial charge in [0, 0.05) is 29.9 Å². The molecular weight excluding hydrogens is 198 g/mol. The molecule has 2 rings (SSSR count). The van der Waals surface area contributed by atoms with Gasteiger partial charge >= 0.3 is 0 Å². The minimum atomic E-state index is 0.529. The van der Waals surface area contributed by atoms with E-state index >= 15 is 0 Å². The summed E-state index contributed by atoms with van der Waals surface area (Å²) in [6.45, 7) is 10.9. The highest BCUT2D eigenvalue weighted by molar-refractivity contribution is 5.12. The van der Waals surface area contributed by atoms with E-state index in [0.29, 0.717) is 12.0 Å². The molecule has 1 aromatic heterocycles. The van der Waals surface area contributed by atoms with Crippen LogP contribution in [0.25, 0.3) is 0 Å². The van der Waals surface area contributed by atoms with Crippen molar-refractivity contribution in [2.24, 2.45) is 0 Å². The van der Waals surface area contributed by atoms with Crippen LogP contribution in [0.2, 0.25) is 0 Å². The summed E-state index contributed by atoms with van der Waals surface area (Å²) < 4.78 is 0. The molecule has 3 nitrogen and oxygen atoms in total. The van der Waals surface area contributed by atoms with Crippen LogP contribution >= 0.6 is 0 Å². The van der Waals surface area contributed by atoms with Crippen molar-refractivity contribution in [1.29, 1.82) is 0 Å². The van der Waals surface area contributed by atoms with Crippen molar-refractivity contribution >= 4 is 0 Å². The lowest BCUT2D eigenvalue weighted by atomic mass is 10.1. The molecule has 0 saturated carbocycles. The second-order valence-corrected chi connectivity index (χ2v) is 5.08. The molecule has 2 heterocycles. The zero-order valence-electron chi connectivity index (χ0n) is 10.7. The van der Waals surface area contributed by atoms with Crippen molar-refractivity contribution in [1.82, 2.24) is 14.9 Å². The molecule has 0 aliphatic carbocycles. The summed E-state index contributed by atoms with van der Waals surface area (Å²) in [5.41, 5.74) is 2.18. The monoisotopic (exact) mass is 219 g/mol. The van der Waals surface area contributed by atoms with Crippen LogP contribution in [0.1, 0.15) is 43.4 Å². The van der Waals surface area contributed by atoms with Crippen molar-refractivity contribution in [2.75, 3.05) is 13.1 Å². The van der Waals surface area contributed by atoms with Gasteiger partial charge in [0.15, 0.2) is 0 Å². The summed E-state index contributed by atoms with van der Waals surface area (Å²) in [5.74, 6) is 1.57. The van der Waals surface area contributed by atoms with E-state index in [4.69, 9.17) is 0 Å². The van der Waals surface area contributed by atoms with Crippen molar-refractivity contribution in [3.8, 4) is 0 Å². The average molecular weight is 219 g/mol. The lowest BCUT2D eigenvalue weighted by Crippen LogP contribution is -2.28. The molecule has 1 saturated heterocycles. The van der Waals surface area contributed by atoms with Gasteiger partial charge in [0.1, 0.15) is 5.82 Å². The highest BCUT2D eigenvalue weighted by Gasteiger charge is 2.27. The van der Waals surface area contributed by atoms with Gasteiger partial charge in [0.05, 0.1) is 0 Å². The molecule has 1 aliphatic heterocycles. The second-order valence-electron chi connectivity index (χ2n) is 5.08. The normalized spacial score (nSPS) is 21.9. The zero-order valence-corrected chi connectivity index (χ0v) is 10.7. The summed E-state index contributed by atoms with van der Waals surface area (Å²) in [7, 11) is 0. The van der Waals surface area contributed by atoms with E-state index in [0.717, 1.165) is 23.8 Å². The fraction of sp³-hybridized carbons (Fsp3) is 0.692. The third-order valence-electron chi connectivity index (χ3n) is 3.31. The van der Waals surface area contributed by atoms with Gasteiger partial charge < -0.3 is 4.90 Å². The summed E-state index contributed by atoms with van der Waals surface area (Å²) in [4.78, 5) is 11.6. The number of likely N-dealkylation sites (tertiary alicyclic amines) is 1. The maximum Gasteiger partial charge on any atom is 0.133 e. The number of aryl methyl sites for hydroxylation is 2. The van der Waals surface area contributed by atoms with E-state index in [1.165, 1.54) is 13.0 Å². The Morgan fingerprint density at radius 2 is 1.88 bits per heavy atom. The molecule has 1 aliphatic rings. The maximum atomic E-state index is 4.57. The lowest BCUT2D eigenvalue weighted by molar-refractivity contribution is 0.272. The zero-order chi connectivity index (χ0) is 11.7. The first-order valence-electron chi connectivity index (χ1n) is 6.12. The Kier molecular flexibility index (Phi) is 3.24. The van der Waals surface area contributed by atoms with E-state index in [2.05, 4.69) is 28.7 Å². The Morgan fingerprint density at radius 3 is 2.38 bits per heavy atom. The molecule has 88 valence electrons. The van der Waals surface area contributed by atoms with Crippen molar-refractivity contribution in [2.45, 2.75) is 46.1 Å². The van der Waals surface area contributed by atoms with E-state index in [-0.39, 0.29) is 0 Å². The number of hydrogen-bond acceptors (Lipinski definition) is 3. The lowest BCUT2D eigenvalue weighted by Gasteiger charge is -2.19. The highest BCUT2D eigenvalue weighted by Crippen LogP contribution is 2.26. The van der Waals surface area contributed by atoms with Gasteiger partial charge in [-0.1, -0.05) is 0 Å². The molecule has 1 fully saturated rings. The average Bonchev–Trinajstić information content (AvgIpc) is 2.64. The van der Waals surface area contributed by atoms with Crippen LogP contribution in [0.5, 0.6) is 0 Å². The van der Waals surface area contributed by atoms with Crippen molar-refractivity contribution in [3.63, 3.8) is 0 Å². The quantitative estimate of drug-likeness (QED) is 0.764. The van der Waals surface area contributed by atoms with Crippen LogP contribution in [0.4, 0.5) is 0 Å². The van der Waals surface area contributed by atoms with Gasteiger partial charge in [-0.3, -0.25) is 0 Å². The molecule has 1 atom stereocenters. The fourth-order valence-corrected chi connectivity index (χ4v) is 2.40. The highest BCUT2D eigenvalue weighted by atomic mass is 15.2. The summed E-state index contributed by atoms with van der Waals surface area (Å²) >= 11 is 0. The largest absolute Gasteiger partial charge is 0.300 e. The Morgan fingerprint density at radius 1 is 1.25 bits per heavy atom. The van der Waals surface area contributed by atoms with Crippen LogP contribution in [-0.2, 0) is 0 Å². The van der Waals surface area contributed by atoms with Gasteiger partial charge in [-0.05, 0) is 46.7 Å². The maximum absolute atomic E-state index is 4.57. The third kappa shape index (κ3) is 2.40. The van der Waals surface area contributed by atoms with E-state index in [9.17, 15) is 0 Å². The minimum Gasteiger partial charge on any atom is -0.300 e. The number of nitrogens with zero attached hydrogens (tertiary/aromatic N) is 3. The van der Waals surface area contributed by atoms with Crippen LogP contribution in [0.3, 0.4) is 0 Å². The summed E-state index contributed by atoms with van der Waals surface area (Å²) in [5, 5.41) is 0. The third-order valence-corrected chi connectivity index (χ3v) is 3.31. The molecule has 16 heavy (non-hydrogen) atoms. The topological polar surface area (TPSA) is 29.0 Å². The summed E-state index contributed by atoms with van der Waals surface area (Å²) in [6.07, 6.45) is 1.20. The first kappa shape index (κ1) is 11.5. The number of rotatable bonds is 2. The molecule has 0 amide bonds. The minimum absolute atomic E-state index is 0.529. The van der Waals surface area contributed by atoms with Crippen molar-refractivity contribution < 1.29 is 0 Å². The molecule has 3 heteroatoms. The molecule has 0 radical (unpaired) electrons.